The smallest absolute Gasteiger partial charge is 0.182 e. The molecule has 1 saturated heterocycles. The first-order valence-electron chi connectivity index (χ1n) is 11.6. The number of aromatic nitrogens is 6. The van der Waals surface area contributed by atoms with E-state index in [4.69, 9.17) is 14.7 Å². The average molecular weight is 463 g/mol. The highest BCUT2D eigenvalue weighted by Gasteiger charge is 2.33. The van der Waals surface area contributed by atoms with Gasteiger partial charge in [-0.05, 0) is 51.7 Å². The van der Waals surface area contributed by atoms with Crippen LogP contribution in [-0.4, -0.2) is 35.8 Å². The van der Waals surface area contributed by atoms with E-state index in [0.717, 1.165) is 18.1 Å². The summed E-state index contributed by atoms with van der Waals surface area (Å²) >= 11 is 0. The van der Waals surface area contributed by atoms with E-state index >= 15 is 0 Å². The van der Waals surface area contributed by atoms with Crippen LogP contribution in [0, 0.1) is 18.6 Å². The molecule has 0 amide bonds. The standard InChI is InChI=1S/C25H24F2N6O/c1-13-10-28-23-22(19-6-3-17(26)9-20(19)27)31-24(32-25(23)30-13)15-7-14(2)34-21(8-15)16-11-29-33(12-16)18-4-5-18/h3,6,9-12,14-15,18,21H,4-5,7-8H2,1-2H3/t14-,15+,21+/m0/s1. The van der Waals surface area contributed by atoms with E-state index in [0.29, 0.717) is 40.8 Å². The Morgan fingerprint density at radius 3 is 2.71 bits per heavy atom. The number of aryl methyl sites for hydroxylation is 1. The lowest BCUT2D eigenvalue weighted by atomic mass is 9.89. The first-order valence-corrected chi connectivity index (χ1v) is 11.6. The van der Waals surface area contributed by atoms with Crippen LogP contribution >= 0.6 is 0 Å². The molecule has 4 aromatic rings. The summed E-state index contributed by atoms with van der Waals surface area (Å²) in [5.74, 6) is -0.790. The molecule has 9 heteroatoms. The molecule has 0 spiro atoms. The monoisotopic (exact) mass is 462 g/mol. The molecule has 34 heavy (non-hydrogen) atoms. The molecule has 7 nitrogen and oxygen atoms in total. The zero-order valence-electron chi connectivity index (χ0n) is 18.9. The number of hydrogen-bond donors (Lipinski definition) is 0. The number of hydrogen-bond acceptors (Lipinski definition) is 6. The maximum Gasteiger partial charge on any atom is 0.182 e. The Labute approximate surface area is 195 Å². The predicted octanol–water partition coefficient (Wildman–Crippen LogP) is 5.23. The molecule has 0 bridgehead atoms. The van der Waals surface area contributed by atoms with Gasteiger partial charge >= 0.3 is 0 Å². The van der Waals surface area contributed by atoms with Gasteiger partial charge in [0.2, 0.25) is 0 Å². The zero-order chi connectivity index (χ0) is 23.4. The second-order valence-electron chi connectivity index (χ2n) is 9.33. The SMILES string of the molecule is Cc1cnc2c(-c3ccc(F)cc3F)nc([C@@H]3C[C@H](C)O[C@@H](c4cnn(C5CC5)c4)C3)nc2n1. The lowest BCUT2D eigenvalue weighted by molar-refractivity contribution is -0.0511. The number of nitrogens with zero attached hydrogens (tertiary/aromatic N) is 6. The summed E-state index contributed by atoms with van der Waals surface area (Å²) in [6.07, 6.45) is 9.15. The molecule has 1 aliphatic heterocycles. The van der Waals surface area contributed by atoms with Gasteiger partial charge in [0.05, 0.1) is 30.1 Å². The van der Waals surface area contributed by atoms with Gasteiger partial charge in [-0.25, -0.2) is 28.7 Å². The number of ether oxygens (including phenoxy) is 1. The Morgan fingerprint density at radius 2 is 1.91 bits per heavy atom. The lowest BCUT2D eigenvalue weighted by Gasteiger charge is -2.33. The van der Waals surface area contributed by atoms with Gasteiger partial charge in [-0.3, -0.25) is 4.68 Å². The molecule has 0 N–H and O–H groups in total. The van der Waals surface area contributed by atoms with Gasteiger partial charge in [-0.2, -0.15) is 5.10 Å². The van der Waals surface area contributed by atoms with E-state index in [2.05, 4.69) is 21.3 Å². The van der Waals surface area contributed by atoms with Crippen molar-refractivity contribution in [3.8, 4) is 11.3 Å². The van der Waals surface area contributed by atoms with Crippen molar-refractivity contribution in [3.05, 3.63) is 65.5 Å². The largest absolute Gasteiger partial charge is 0.370 e. The fourth-order valence-corrected chi connectivity index (χ4v) is 4.69. The second kappa shape index (κ2) is 8.16. The molecule has 2 fully saturated rings. The van der Waals surface area contributed by atoms with Crippen LogP contribution in [0.2, 0.25) is 0 Å². The number of halogens is 2. The van der Waals surface area contributed by atoms with Crippen LogP contribution in [0.4, 0.5) is 8.78 Å². The number of rotatable bonds is 4. The molecule has 1 aromatic carbocycles. The van der Waals surface area contributed by atoms with Crippen molar-refractivity contribution in [2.75, 3.05) is 0 Å². The summed E-state index contributed by atoms with van der Waals surface area (Å²) in [5, 5.41) is 4.51. The number of benzene rings is 1. The van der Waals surface area contributed by atoms with Gasteiger partial charge in [-0.1, -0.05) is 0 Å². The quantitative estimate of drug-likeness (QED) is 0.413. The van der Waals surface area contributed by atoms with E-state index in [1.807, 2.05) is 24.7 Å². The average Bonchev–Trinajstić information content (AvgIpc) is 3.54. The van der Waals surface area contributed by atoms with E-state index in [9.17, 15) is 8.78 Å². The summed E-state index contributed by atoms with van der Waals surface area (Å²) < 4.78 is 36.6. The third-order valence-electron chi connectivity index (χ3n) is 6.52. The van der Waals surface area contributed by atoms with Gasteiger partial charge in [0, 0.05) is 35.5 Å². The van der Waals surface area contributed by atoms with Crippen LogP contribution in [-0.2, 0) is 4.74 Å². The molecular formula is C25H24F2N6O. The Balaban J connectivity index is 1.41. The molecule has 3 atom stereocenters. The Hall–Kier alpha value is -3.33. The highest BCUT2D eigenvalue weighted by atomic mass is 19.1. The van der Waals surface area contributed by atoms with E-state index < -0.39 is 11.6 Å². The lowest BCUT2D eigenvalue weighted by Crippen LogP contribution is -2.26. The molecule has 1 saturated carbocycles. The summed E-state index contributed by atoms with van der Waals surface area (Å²) in [5.41, 5.74) is 3.04. The van der Waals surface area contributed by atoms with Crippen LogP contribution in [0.5, 0.6) is 0 Å². The van der Waals surface area contributed by atoms with Gasteiger partial charge in [0.1, 0.15) is 28.7 Å². The van der Waals surface area contributed by atoms with Crippen molar-refractivity contribution < 1.29 is 13.5 Å². The fraction of sp³-hybridized carbons (Fsp3) is 0.400. The minimum Gasteiger partial charge on any atom is -0.370 e. The number of fused-ring (bicyclic) bond motifs is 1. The molecule has 3 aromatic heterocycles. The van der Waals surface area contributed by atoms with Gasteiger partial charge in [-0.15, -0.1) is 0 Å². The van der Waals surface area contributed by atoms with Crippen molar-refractivity contribution >= 4 is 11.2 Å². The van der Waals surface area contributed by atoms with E-state index in [-0.39, 0.29) is 23.7 Å². The minimum atomic E-state index is -0.695. The summed E-state index contributed by atoms with van der Waals surface area (Å²) in [4.78, 5) is 18.5. The van der Waals surface area contributed by atoms with E-state index in [1.165, 1.54) is 25.0 Å². The molecule has 1 aliphatic carbocycles. The second-order valence-corrected chi connectivity index (χ2v) is 9.33. The molecule has 6 rings (SSSR count). The highest BCUT2D eigenvalue weighted by molar-refractivity contribution is 5.86. The van der Waals surface area contributed by atoms with Gasteiger partial charge < -0.3 is 4.74 Å². The molecule has 0 radical (unpaired) electrons. The maximum absolute atomic E-state index is 14.8. The topological polar surface area (TPSA) is 78.6 Å². The van der Waals surface area contributed by atoms with Crippen LogP contribution in [0.25, 0.3) is 22.4 Å². The Kier molecular flexibility index (Phi) is 5.09. The maximum atomic E-state index is 14.8. The van der Waals surface area contributed by atoms with Crippen LogP contribution in [0.1, 0.15) is 67.8 Å². The molecule has 2 aliphatic rings. The molecular weight excluding hydrogens is 438 g/mol. The molecule has 174 valence electrons. The summed E-state index contributed by atoms with van der Waals surface area (Å²) in [7, 11) is 0. The normalized spacial score (nSPS) is 22.9. The first kappa shape index (κ1) is 21.2. The van der Waals surface area contributed by atoms with Crippen molar-refractivity contribution in [2.24, 2.45) is 0 Å². The van der Waals surface area contributed by atoms with Gasteiger partial charge in [0.25, 0.3) is 0 Å². The Morgan fingerprint density at radius 1 is 1.06 bits per heavy atom. The molecule has 4 heterocycles. The first-order chi connectivity index (χ1) is 16.4. The third kappa shape index (κ3) is 3.94. The fourth-order valence-electron chi connectivity index (χ4n) is 4.69. The Bertz CT molecular complexity index is 1390. The van der Waals surface area contributed by atoms with Crippen LogP contribution in [0.15, 0.2) is 36.8 Å². The summed E-state index contributed by atoms with van der Waals surface area (Å²) in [6, 6.07) is 3.97. The van der Waals surface area contributed by atoms with Crippen molar-refractivity contribution in [3.63, 3.8) is 0 Å². The van der Waals surface area contributed by atoms with Crippen LogP contribution in [0.3, 0.4) is 0 Å². The van der Waals surface area contributed by atoms with Crippen molar-refractivity contribution in [1.82, 2.24) is 29.7 Å². The van der Waals surface area contributed by atoms with Crippen molar-refractivity contribution in [1.29, 1.82) is 0 Å². The minimum absolute atomic E-state index is 0.0121. The van der Waals surface area contributed by atoms with Crippen molar-refractivity contribution in [2.45, 2.75) is 63.7 Å². The summed E-state index contributed by atoms with van der Waals surface area (Å²) in [6.45, 7) is 3.87. The van der Waals surface area contributed by atoms with Crippen LogP contribution < -0.4 is 0 Å². The highest BCUT2D eigenvalue weighted by Crippen LogP contribution is 2.41. The van der Waals surface area contributed by atoms with E-state index in [1.54, 1.807) is 6.20 Å². The molecule has 0 unspecified atom stereocenters. The van der Waals surface area contributed by atoms with Gasteiger partial charge in [0.15, 0.2) is 5.65 Å². The third-order valence-corrected chi connectivity index (χ3v) is 6.52. The zero-order valence-corrected chi connectivity index (χ0v) is 18.9. The predicted molar refractivity (Wildman–Crippen MR) is 121 cm³/mol.